The molecule has 1 aromatic heterocycles. The second-order valence-corrected chi connectivity index (χ2v) is 2.90. The maximum Gasteiger partial charge on any atom is 0.223 e. The molecule has 0 fully saturated rings. The van der Waals surface area contributed by atoms with Crippen molar-refractivity contribution < 1.29 is 4.74 Å². The van der Waals surface area contributed by atoms with Crippen LogP contribution in [0.4, 0.5) is 5.95 Å². The molecule has 76 valence electrons. The number of benzene rings is 1. The molecule has 0 atom stereocenters. The molecule has 15 heavy (non-hydrogen) atoms. The van der Waals surface area contributed by atoms with Crippen LogP contribution in [0.1, 0.15) is 0 Å². The molecule has 5 nitrogen and oxygen atoms in total. The van der Waals surface area contributed by atoms with Crippen LogP contribution >= 0.6 is 0 Å². The molecular weight excluding hydrogens is 192 g/mol. The van der Waals surface area contributed by atoms with Gasteiger partial charge < -0.3 is 10.5 Å². The second kappa shape index (κ2) is 3.91. The van der Waals surface area contributed by atoms with E-state index in [-0.39, 0.29) is 5.95 Å². The van der Waals surface area contributed by atoms with Crippen LogP contribution in [-0.2, 0) is 0 Å². The summed E-state index contributed by atoms with van der Waals surface area (Å²) in [6, 6.07) is 7.42. The smallest absolute Gasteiger partial charge is 0.223 e. The zero-order valence-electron chi connectivity index (χ0n) is 8.21. The van der Waals surface area contributed by atoms with Crippen LogP contribution in [0.3, 0.4) is 0 Å². The highest BCUT2D eigenvalue weighted by atomic mass is 16.5. The number of aromatic nitrogens is 3. The van der Waals surface area contributed by atoms with E-state index in [1.807, 2.05) is 24.3 Å². The Hall–Kier alpha value is -2.17. The summed E-state index contributed by atoms with van der Waals surface area (Å²) >= 11 is 0. The average molecular weight is 202 g/mol. The number of nitrogen functional groups attached to an aromatic ring is 1. The Bertz CT molecular complexity index is 455. The minimum Gasteiger partial charge on any atom is -0.497 e. The number of nitrogens with zero attached hydrogens (tertiary/aromatic N) is 3. The molecule has 1 heterocycles. The normalized spacial score (nSPS) is 9.93. The van der Waals surface area contributed by atoms with Crippen LogP contribution in [0.25, 0.3) is 11.4 Å². The van der Waals surface area contributed by atoms with Crippen LogP contribution in [-0.4, -0.2) is 22.1 Å². The quantitative estimate of drug-likeness (QED) is 0.790. The number of hydrogen-bond acceptors (Lipinski definition) is 5. The van der Waals surface area contributed by atoms with Crippen molar-refractivity contribution in [3.63, 3.8) is 0 Å². The van der Waals surface area contributed by atoms with Gasteiger partial charge >= 0.3 is 0 Å². The fourth-order valence-electron chi connectivity index (χ4n) is 1.19. The zero-order valence-corrected chi connectivity index (χ0v) is 8.21. The molecule has 0 unspecified atom stereocenters. The molecule has 0 saturated carbocycles. The van der Waals surface area contributed by atoms with E-state index in [1.54, 1.807) is 7.11 Å². The third-order valence-corrected chi connectivity index (χ3v) is 1.94. The van der Waals surface area contributed by atoms with Gasteiger partial charge in [0, 0.05) is 5.56 Å². The molecule has 0 amide bonds. The van der Waals surface area contributed by atoms with Gasteiger partial charge in [-0.3, -0.25) is 0 Å². The van der Waals surface area contributed by atoms with Crippen molar-refractivity contribution >= 4 is 5.95 Å². The van der Waals surface area contributed by atoms with Crippen LogP contribution in [0.5, 0.6) is 5.75 Å². The van der Waals surface area contributed by atoms with Crippen LogP contribution in [0.2, 0.25) is 0 Å². The molecule has 1 aromatic carbocycles. The summed E-state index contributed by atoms with van der Waals surface area (Å²) in [7, 11) is 1.62. The Morgan fingerprint density at radius 2 is 1.87 bits per heavy atom. The van der Waals surface area contributed by atoms with Gasteiger partial charge in [-0.15, -0.1) is 0 Å². The number of ether oxygens (including phenoxy) is 1. The van der Waals surface area contributed by atoms with Crippen molar-refractivity contribution in [3.05, 3.63) is 30.6 Å². The Labute approximate surface area is 87.0 Å². The standard InChI is InChI=1S/C10H10N4O/c1-15-8-4-2-7(3-5-8)9-12-6-13-10(11)14-9/h2-6H,1H3,(H2,11,12,13,14). The molecule has 0 aliphatic rings. The maximum absolute atomic E-state index is 5.47. The lowest BCUT2D eigenvalue weighted by molar-refractivity contribution is 0.415. The molecule has 0 saturated heterocycles. The number of hydrogen-bond donors (Lipinski definition) is 1. The molecule has 0 aliphatic heterocycles. The lowest BCUT2D eigenvalue weighted by atomic mass is 10.2. The third-order valence-electron chi connectivity index (χ3n) is 1.94. The van der Waals surface area contributed by atoms with Crippen LogP contribution in [0.15, 0.2) is 30.6 Å². The first-order valence-electron chi connectivity index (χ1n) is 4.38. The van der Waals surface area contributed by atoms with Crippen molar-refractivity contribution in [1.82, 2.24) is 15.0 Å². The fraction of sp³-hybridized carbons (Fsp3) is 0.100. The Morgan fingerprint density at radius 3 is 2.47 bits per heavy atom. The molecule has 2 aromatic rings. The minimum atomic E-state index is 0.218. The van der Waals surface area contributed by atoms with E-state index >= 15 is 0 Å². The van der Waals surface area contributed by atoms with Crippen molar-refractivity contribution in [2.24, 2.45) is 0 Å². The van der Waals surface area contributed by atoms with E-state index in [9.17, 15) is 0 Å². The lowest BCUT2D eigenvalue weighted by Gasteiger charge is -2.02. The van der Waals surface area contributed by atoms with E-state index in [1.165, 1.54) is 6.33 Å². The van der Waals surface area contributed by atoms with Crippen molar-refractivity contribution in [2.75, 3.05) is 12.8 Å². The first-order valence-corrected chi connectivity index (χ1v) is 4.38. The van der Waals surface area contributed by atoms with Gasteiger partial charge in [-0.2, -0.15) is 4.98 Å². The average Bonchev–Trinajstić information content (AvgIpc) is 2.29. The SMILES string of the molecule is COc1ccc(-c2ncnc(N)n2)cc1. The van der Waals surface area contributed by atoms with Gasteiger partial charge in [0.25, 0.3) is 0 Å². The van der Waals surface area contributed by atoms with Crippen LogP contribution in [0, 0.1) is 0 Å². The molecule has 2 N–H and O–H groups in total. The maximum atomic E-state index is 5.47. The Balaban J connectivity index is 2.37. The van der Waals surface area contributed by atoms with E-state index in [2.05, 4.69) is 15.0 Å². The minimum absolute atomic E-state index is 0.218. The number of nitrogens with two attached hydrogens (primary N) is 1. The highest BCUT2D eigenvalue weighted by Gasteiger charge is 2.01. The van der Waals surface area contributed by atoms with Gasteiger partial charge in [0.15, 0.2) is 5.82 Å². The van der Waals surface area contributed by atoms with Gasteiger partial charge in [-0.1, -0.05) is 0 Å². The molecule has 0 spiro atoms. The predicted molar refractivity (Wildman–Crippen MR) is 56.2 cm³/mol. The summed E-state index contributed by atoms with van der Waals surface area (Å²) < 4.78 is 5.05. The topological polar surface area (TPSA) is 73.9 Å². The monoisotopic (exact) mass is 202 g/mol. The van der Waals surface area contributed by atoms with E-state index in [4.69, 9.17) is 10.5 Å². The lowest BCUT2D eigenvalue weighted by Crippen LogP contribution is -1.97. The van der Waals surface area contributed by atoms with Crippen molar-refractivity contribution in [1.29, 1.82) is 0 Å². The summed E-state index contributed by atoms with van der Waals surface area (Å²) in [6.07, 6.45) is 1.39. The molecule has 0 aliphatic carbocycles. The van der Waals surface area contributed by atoms with Crippen molar-refractivity contribution in [2.45, 2.75) is 0 Å². The van der Waals surface area contributed by atoms with E-state index < -0.39 is 0 Å². The number of methoxy groups -OCH3 is 1. The van der Waals surface area contributed by atoms with Gasteiger partial charge in [-0.25, -0.2) is 9.97 Å². The molecule has 0 bridgehead atoms. The van der Waals surface area contributed by atoms with Gasteiger partial charge in [0.2, 0.25) is 5.95 Å². The largest absolute Gasteiger partial charge is 0.497 e. The van der Waals surface area contributed by atoms with Gasteiger partial charge in [0.1, 0.15) is 12.1 Å². The first-order chi connectivity index (χ1) is 7.29. The predicted octanol–water partition coefficient (Wildman–Crippen LogP) is 1.13. The summed E-state index contributed by atoms with van der Waals surface area (Å²) in [6.45, 7) is 0. The van der Waals surface area contributed by atoms with Gasteiger partial charge in [0.05, 0.1) is 7.11 Å². The van der Waals surface area contributed by atoms with Crippen molar-refractivity contribution in [3.8, 4) is 17.1 Å². The number of anilines is 1. The summed E-state index contributed by atoms with van der Waals surface area (Å²) in [4.78, 5) is 11.8. The molecule has 0 radical (unpaired) electrons. The summed E-state index contributed by atoms with van der Waals surface area (Å²) in [5, 5.41) is 0. The Morgan fingerprint density at radius 1 is 1.13 bits per heavy atom. The van der Waals surface area contributed by atoms with Crippen LogP contribution < -0.4 is 10.5 Å². The zero-order chi connectivity index (χ0) is 10.7. The van der Waals surface area contributed by atoms with E-state index in [0.717, 1.165) is 11.3 Å². The highest BCUT2D eigenvalue weighted by molar-refractivity contribution is 5.56. The first kappa shape index (κ1) is 9.39. The Kier molecular flexibility index (Phi) is 2.45. The van der Waals surface area contributed by atoms with E-state index in [0.29, 0.717) is 5.82 Å². The molecule has 2 rings (SSSR count). The molecular formula is C10H10N4O. The van der Waals surface area contributed by atoms with Gasteiger partial charge in [-0.05, 0) is 24.3 Å². The summed E-state index contributed by atoms with van der Waals surface area (Å²) in [5.74, 6) is 1.57. The third kappa shape index (κ3) is 2.01. The highest BCUT2D eigenvalue weighted by Crippen LogP contribution is 2.18. The summed E-state index contributed by atoms with van der Waals surface area (Å²) in [5.41, 5.74) is 6.34. The number of rotatable bonds is 2. The second-order valence-electron chi connectivity index (χ2n) is 2.90. The molecule has 5 heteroatoms. The fourth-order valence-corrected chi connectivity index (χ4v) is 1.19.